The zero-order chi connectivity index (χ0) is 20.3. The van der Waals surface area contributed by atoms with Gasteiger partial charge in [-0.15, -0.1) is 0 Å². The van der Waals surface area contributed by atoms with Crippen LogP contribution in [-0.4, -0.2) is 37.4 Å². The van der Waals surface area contributed by atoms with Crippen molar-refractivity contribution in [1.29, 1.82) is 0 Å². The smallest absolute Gasteiger partial charge is 0.349 e. The Morgan fingerprint density at radius 1 is 1.18 bits per heavy atom. The molecule has 144 valence electrons. The van der Waals surface area contributed by atoms with Crippen molar-refractivity contribution >= 4 is 40.1 Å². The number of benzene rings is 2. The lowest BCUT2D eigenvalue weighted by Gasteiger charge is -2.17. The molecular formula is C20H17ClN2O5. The zero-order valence-electron chi connectivity index (χ0n) is 15.2. The minimum Gasteiger partial charge on any atom is -0.495 e. The highest BCUT2D eigenvalue weighted by atomic mass is 35.5. The Balaban J connectivity index is 1.76. The van der Waals surface area contributed by atoms with Crippen LogP contribution in [0.2, 0.25) is 5.02 Å². The summed E-state index contributed by atoms with van der Waals surface area (Å²) in [7, 11) is 2.89. The molecular weight excluding hydrogens is 384 g/mol. The van der Waals surface area contributed by atoms with Crippen LogP contribution in [0.25, 0.3) is 11.0 Å². The van der Waals surface area contributed by atoms with E-state index in [0.717, 1.165) is 4.90 Å². The van der Waals surface area contributed by atoms with Gasteiger partial charge in [-0.2, -0.15) is 0 Å². The van der Waals surface area contributed by atoms with Gasteiger partial charge in [-0.05, 0) is 30.3 Å². The molecule has 0 radical (unpaired) electrons. The first-order valence-corrected chi connectivity index (χ1v) is 8.68. The van der Waals surface area contributed by atoms with Crippen molar-refractivity contribution in [3.63, 3.8) is 0 Å². The molecule has 0 bridgehead atoms. The number of hydrogen-bond acceptors (Lipinski definition) is 5. The first kappa shape index (κ1) is 19.4. The summed E-state index contributed by atoms with van der Waals surface area (Å²) in [6.45, 7) is -0.277. The number of ether oxygens (including phenoxy) is 1. The number of nitrogens with one attached hydrogen (secondary N) is 1. The molecule has 0 saturated heterocycles. The van der Waals surface area contributed by atoms with Gasteiger partial charge >= 0.3 is 5.63 Å². The first-order valence-electron chi connectivity index (χ1n) is 8.31. The highest BCUT2D eigenvalue weighted by Crippen LogP contribution is 2.27. The third-order valence-corrected chi connectivity index (χ3v) is 4.27. The van der Waals surface area contributed by atoms with Gasteiger partial charge in [-0.25, -0.2) is 4.79 Å². The molecule has 7 nitrogen and oxygen atoms in total. The SMILES string of the molecule is COc1ccc(Cl)cc1NC(=O)CN(C)C(=O)c1cc2ccccc2oc1=O. The molecule has 3 aromatic rings. The Kier molecular flexibility index (Phi) is 5.65. The van der Waals surface area contributed by atoms with Gasteiger partial charge in [0.1, 0.15) is 16.9 Å². The highest BCUT2D eigenvalue weighted by Gasteiger charge is 2.20. The van der Waals surface area contributed by atoms with E-state index in [9.17, 15) is 14.4 Å². The van der Waals surface area contributed by atoms with Crippen LogP contribution in [-0.2, 0) is 4.79 Å². The lowest BCUT2D eigenvalue weighted by molar-refractivity contribution is -0.116. The maximum atomic E-state index is 12.6. The van der Waals surface area contributed by atoms with E-state index in [2.05, 4.69) is 5.32 Å². The Hall–Kier alpha value is -3.32. The molecule has 0 aliphatic heterocycles. The molecule has 3 rings (SSSR count). The van der Waals surface area contributed by atoms with Crippen LogP contribution in [0, 0.1) is 0 Å². The number of likely N-dealkylation sites (N-methyl/N-ethyl adjacent to an activating group) is 1. The zero-order valence-corrected chi connectivity index (χ0v) is 15.9. The fraction of sp³-hybridized carbons (Fsp3) is 0.150. The van der Waals surface area contributed by atoms with E-state index in [0.29, 0.717) is 27.4 Å². The summed E-state index contributed by atoms with van der Waals surface area (Å²) >= 11 is 5.94. The molecule has 2 amide bonds. The number of carbonyl (C=O) groups is 2. The molecule has 0 unspecified atom stereocenters. The third kappa shape index (κ3) is 4.15. The summed E-state index contributed by atoms with van der Waals surface area (Å²) in [4.78, 5) is 38.2. The summed E-state index contributed by atoms with van der Waals surface area (Å²) < 4.78 is 10.3. The van der Waals surface area contributed by atoms with Gasteiger partial charge in [0.05, 0.1) is 19.3 Å². The van der Waals surface area contributed by atoms with Crippen molar-refractivity contribution in [2.24, 2.45) is 0 Å². The highest BCUT2D eigenvalue weighted by molar-refractivity contribution is 6.31. The molecule has 2 aromatic carbocycles. The monoisotopic (exact) mass is 400 g/mol. The van der Waals surface area contributed by atoms with Gasteiger partial charge in [-0.3, -0.25) is 9.59 Å². The second kappa shape index (κ2) is 8.14. The molecule has 8 heteroatoms. The molecule has 1 N–H and O–H groups in total. The number of hydrogen-bond donors (Lipinski definition) is 1. The minimum absolute atomic E-state index is 0.144. The lowest BCUT2D eigenvalue weighted by atomic mass is 10.1. The van der Waals surface area contributed by atoms with Gasteiger partial charge < -0.3 is 19.4 Å². The number of nitrogens with zero attached hydrogens (tertiary/aromatic N) is 1. The predicted octanol–water partition coefficient (Wildman–Crippen LogP) is 3.17. The first-order chi connectivity index (χ1) is 13.4. The summed E-state index contributed by atoms with van der Waals surface area (Å²) in [5.74, 6) is -0.656. The second-order valence-electron chi connectivity index (χ2n) is 6.04. The molecule has 1 aromatic heterocycles. The Bertz CT molecular complexity index is 1110. The number of para-hydroxylation sites is 1. The van der Waals surface area contributed by atoms with Crippen LogP contribution < -0.4 is 15.7 Å². The van der Waals surface area contributed by atoms with Crippen molar-refractivity contribution in [2.75, 3.05) is 26.0 Å². The van der Waals surface area contributed by atoms with Gasteiger partial charge in [0, 0.05) is 17.5 Å². The lowest BCUT2D eigenvalue weighted by Crippen LogP contribution is -2.37. The fourth-order valence-electron chi connectivity index (χ4n) is 2.67. The number of carbonyl (C=O) groups excluding carboxylic acids is 2. The molecule has 0 atom stereocenters. The minimum atomic E-state index is -0.757. The molecule has 0 aliphatic carbocycles. The number of methoxy groups -OCH3 is 1. The quantitative estimate of drug-likeness (QED) is 0.664. The normalized spacial score (nSPS) is 10.5. The standard InChI is InChI=1S/C20H17ClN2O5/c1-23(11-18(24)22-15-10-13(21)7-8-17(15)27-2)19(25)14-9-12-5-3-4-6-16(12)28-20(14)26/h3-10H,11H2,1-2H3,(H,22,24). The van der Waals surface area contributed by atoms with E-state index in [1.807, 2.05) is 0 Å². The van der Waals surface area contributed by atoms with Crippen molar-refractivity contribution in [3.8, 4) is 5.75 Å². The number of rotatable bonds is 5. The summed E-state index contributed by atoms with van der Waals surface area (Å²) in [5.41, 5.74) is -0.134. The number of fused-ring (bicyclic) bond motifs is 1. The van der Waals surface area contributed by atoms with E-state index in [1.54, 1.807) is 36.4 Å². The van der Waals surface area contributed by atoms with Crippen LogP contribution >= 0.6 is 11.6 Å². The second-order valence-corrected chi connectivity index (χ2v) is 6.48. The van der Waals surface area contributed by atoms with Crippen LogP contribution in [0.1, 0.15) is 10.4 Å². The summed E-state index contributed by atoms with van der Waals surface area (Å²) in [6.07, 6.45) is 0. The van der Waals surface area contributed by atoms with E-state index in [-0.39, 0.29) is 12.1 Å². The van der Waals surface area contributed by atoms with E-state index >= 15 is 0 Å². The molecule has 0 fully saturated rings. The van der Waals surface area contributed by atoms with Crippen LogP contribution in [0.4, 0.5) is 5.69 Å². The fourth-order valence-corrected chi connectivity index (χ4v) is 2.84. The topological polar surface area (TPSA) is 88.8 Å². The van der Waals surface area contributed by atoms with E-state index < -0.39 is 17.4 Å². The van der Waals surface area contributed by atoms with Crippen molar-refractivity contribution in [1.82, 2.24) is 4.90 Å². The van der Waals surface area contributed by atoms with Crippen molar-refractivity contribution in [2.45, 2.75) is 0 Å². The van der Waals surface area contributed by atoms with Crippen molar-refractivity contribution in [3.05, 3.63) is 69.5 Å². The average molecular weight is 401 g/mol. The van der Waals surface area contributed by atoms with Crippen LogP contribution in [0.15, 0.2) is 57.7 Å². The predicted molar refractivity (Wildman–Crippen MR) is 106 cm³/mol. The van der Waals surface area contributed by atoms with E-state index in [1.165, 1.54) is 26.3 Å². The summed E-state index contributed by atoms with van der Waals surface area (Å²) in [5, 5.41) is 3.68. The van der Waals surface area contributed by atoms with Crippen molar-refractivity contribution < 1.29 is 18.7 Å². The van der Waals surface area contributed by atoms with Crippen LogP contribution in [0.5, 0.6) is 5.75 Å². The van der Waals surface area contributed by atoms with E-state index in [4.69, 9.17) is 20.8 Å². The third-order valence-electron chi connectivity index (χ3n) is 4.03. The molecule has 28 heavy (non-hydrogen) atoms. The van der Waals surface area contributed by atoms with Gasteiger partial charge in [-0.1, -0.05) is 29.8 Å². The summed E-state index contributed by atoms with van der Waals surface area (Å²) in [6, 6.07) is 13.1. The number of anilines is 1. The van der Waals surface area contributed by atoms with Crippen LogP contribution in [0.3, 0.4) is 0 Å². The van der Waals surface area contributed by atoms with Gasteiger partial charge in [0.2, 0.25) is 5.91 Å². The average Bonchev–Trinajstić information content (AvgIpc) is 2.67. The molecule has 0 spiro atoms. The van der Waals surface area contributed by atoms with Gasteiger partial charge in [0.25, 0.3) is 5.91 Å². The number of amides is 2. The Labute approximate surface area is 165 Å². The molecule has 0 saturated carbocycles. The maximum absolute atomic E-state index is 12.6. The Morgan fingerprint density at radius 2 is 1.93 bits per heavy atom. The Morgan fingerprint density at radius 3 is 2.68 bits per heavy atom. The largest absolute Gasteiger partial charge is 0.495 e. The molecule has 0 aliphatic rings. The molecule has 1 heterocycles. The maximum Gasteiger partial charge on any atom is 0.349 e. The number of halogens is 1. The van der Waals surface area contributed by atoms with Gasteiger partial charge in [0.15, 0.2) is 0 Å².